The van der Waals surface area contributed by atoms with Gasteiger partial charge in [0, 0.05) is 18.2 Å². The van der Waals surface area contributed by atoms with Gasteiger partial charge in [0.15, 0.2) is 0 Å². The Bertz CT molecular complexity index is 620. The van der Waals surface area contributed by atoms with Crippen LogP contribution in [0.3, 0.4) is 0 Å². The summed E-state index contributed by atoms with van der Waals surface area (Å²) in [4.78, 5) is 12.3. The molecule has 1 atom stereocenters. The zero-order valence-electron chi connectivity index (χ0n) is 11.5. The SMILES string of the molecule is O=C(NC1CCCNC1)c1[nH]nc(-c2ccccc2)c1Br. The lowest BCUT2D eigenvalue weighted by Gasteiger charge is -2.23. The molecule has 1 aliphatic heterocycles. The molecule has 2 aromatic rings. The molecule has 5 nitrogen and oxygen atoms in total. The monoisotopic (exact) mass is 348 g/mol. The third kappa shape index (κ3) is 3.16. The highest BCUT2D eigenvalue weighted by atomic mass is 79.9. The first-order valence-electron chi connectivity index (χ1n) is 7.06. The van der Waals surface area contributed by atoms with Crippen LogP contribution in [-0.4, -0.2) is 35.2 Å². The number of amides is 1. The van der Waals surface area contributed by atoms with Gasteiger partial charge in [0.05, 0.1) is 4.47 Å². The fourth-order valence-corrected chi connectivity index (χ4v) is 3.08. The second-order valence-electron chi connectivity index (χ2n) is 5.14. The van der Waals surface area contributed by atoms with Crippen molar-refractivity contribution in [2.75, 3.05) is 13.1 Å². The van der Waals surface area contributed by atoms with Crippen molar-refractivity contribution in [1.29, 1.82) is 0 Å². The van der Waals surface area contributed by atoms with Gasteiger partial charge in [-0.05, 0) is 35.3 Å². The van der Waals surface area contributed by atoms with Crippen molar-refractivity contribution in [3.05, 3.63) is 40.5 Å². The molecule has 0 spiro atoms. The van der Waals surface area contributed by atoms with Crippen molar-refractivity contribution < 1.29 is 4.79 Å². The summed E-state index contributed by atoms with van der Waals surface area (Å²) >= 11 is 3.48. The third-order valence-electron chi connectivity index (χ3n) is 3.61. The van der Waals surface area contributed by atoms with Crippen LogP contribution < -0.4 is 10.6 Å². The molecule has 6 heteroatoms. The van der Waals surface area contributed by atoms with Crippen molar-refractivity contribution in [1.82, 2.24) is 20.8 Å². The second-order valence-corrected chi connectivity index (χ2v) is 5.94. The van der Waals surface area contributed by atoms with Crippen LogP contribution in [0, 0.1) is 0 Å². The number of halogens is 1. The van der Waals surface area contributed by atoms with E-state index in [9.17, 15) is 4.79 Å². The molecule has 0 saturated carbocycles. The van der Waals surface area contributed by atoms with Crippen LogP contribution in [0.5, 0.6) is 0 Å². The maximum absolute atomic E-state index is 12.3. The van der Waals surface area contributed by atoms with Crippen LogP contribution in [0.4, 0.5) is 0 Å². The molecule has 1 saturated heterocycles. The van der Waals surface area contributed by atoms with Gasteiger partial charge in [-0.25, -0.2) is 0 Å². The van der Waals surface area contributed by atoms with Gasteiger partial charge in [0.25, 0.3) is 5.91 Å². The minimum absolute atomic E-state index is 0.120. The number of aromatic nitrogens is 2. The molecule has 110 valence electrons. The standard InChI is InChI=1S/C15H17BrN4O/c16-12-13(10-5-2-1-3-6-10)19-20-14(12)15(21)18-11-7-4-8-17-9-11/h1-3,5-6,11,17H,4,7-9H2,(H,18,21)(H,19,20). The minimum atomic E-state index is -0.120. The Morgan fingerprint density at radius 2 is 2.14 bits per heavy atom. The summed E-state index contributed by atoms with van der Waals surface area (Å²) in [6.07, 6.45) is 2.10. The Morgan fingerprint density at radius 1 is 1.33 bits per heavy atom. The quantitative estimate of drug-likeness (QED) is 0.797. The fraction of sp³-hybridized carbons (Fsp3) is 0.333. The van der Waals surface area contributed by atoms with Gasteiger partial charge >= 0.3 is 0 Å². The van der Waals surface area contributed by atoms with E-state index >= 15 is 0 Å². The van der Waals surface area contributed by atoms with Gasteiger partial charge < -0.3 is 10.6 Å². The number of H-pyrrole nitrogens is 1. The van der Waals surface area contributed by atoms with Gasteiger partial charge in [0.1, 0.15) is 11.4 Å². The Morgan fingerprint density at radius 3 is 2.86 bits per heavy atom. The number of nitrogens with one attached hydrogen (secondary N) is 3. The average Bonchev–Trinajstić information content (AvgIpc) is 2.91. The van der Waals surface area contributed by atoms with E-state index in [2.05, 4.69) is 36.8 Å². The lowest BCUT2D eigenvalue weighted by Crippen LogP contribution is -2.45. The number of carbonyl (C=O) groups is 1. The Labute approximate surface area is 131 Å². The van der Waals surface area contributed by atoms with Crippen LogP contribution in [-0.2, 0) is 0 Å². The predicted molar refractivity (Wildman–Crippen MR) is 85.1 cm³/mol. The van der Waals surface area contributed by atoms with Gasteiger partial charge in [0.2, 0.25) is 0 Å². The second kappa shape index (κ2) is 6.41. The van der Waals surface area contributed by atoms with Crippen molar-refractivity contribution >= 4 is 21.8 Å². The molecule has 3 N–H and O–H groups in total. The highest BCUT2D eigenvalue weighted by molar-refractivity contribution is 9.10. The molecule has 0 bridgehead atoms. The smallest absolute Gasteiger partial charge is 0.270 e. The first-order valence-corrected chi connectivity index (χ1v) is 7.86. The van der Waals surface area contributed by atoms with Crippen molar-refractivity contribution in [3.8, 4) is 11.3 Å². The predicted octanol–water partition coefficient (Wildman–Crippen LogP) is 2.32. The van der Waals surface area contributed by atoms with Crippen molar-refractivity contribution in [2.24, 2.45) is 0 Å². The van der Waals surface area contributed by atoms with Crippen LogP contribution in [0.2, 0.25) is 0 Å². The van der Waals surface area contributed by atoms with E-state index in [0.29, 0.717) is 10.2 Å². The molecular formula is C15H17BrN4O. The summed E-state index contributed by atoms with van der Waals surface area (Å²) < 4.78 is 0.704. The fourth-order valence-electron chi connectivity index (χ4n) is 2.50. The molecule has 21 heavy (non-hydrogen) atoms. The highest BCUT2D eigenvalue weighted by Crippen LogP contribution is 2.28. The van der Waals surface area contributed by atoms with Crippen LogP contribution in [0.25, 0.3) is 11.3 Å². The first-order chi connectivity index (χ1) is 10.3. The topological polar surface area (TPSA) is 69.8 Å². The number of hydrogen-bond donors (Lipinski definition) is 3. The Kier molecular flexibility index (Phi) is 4.36. The molecule has 1 aliphatic rings. The van der Waals surface area contributed by atoms with Gasteiger partial charge in [-0.2, -0.15) is 5.10 Å². The van der Waals surface area contributed by atoms with E-state index in [1.807, 2.05) is 30.3 Å². The molecule has 0 aliphatic carbocycles. The number of carbonyl (C=O) groups excluding carboxylic acids is 1. The van der Waals surface area contributed by atoms with Crippen molar-refractivity contribution in [2.45, 2.75) is 18.9 Å². The minimum Gasteiger partial charge on any atom is -0.347 e. The molecule has 1 fully saturated rings. The number of benzene rings is 1. The number of rotatable bonds is 3. The molecule has 0 radical (unpaired) electrons. The van der Waals surface area contributed by atoms with Crippen LogP contribution in [0.1, 0.15) is 23.3 Å². The maximum Gasteiger partial charge on any atom is 0.270 e. The lowest BCUT2D eigenvalue weighted by molar-refractivity contribution is 0.0925. The molecule has 1 amide bonds. The summed E-state index contributed by atoms with van der Waals surface area (Å²) in [5.74, 6) is -0.120. The number of nitrogens with zero attached hydrogens (tertiary/aromatic N) is 1. The number of piperidine rings is 1. The van der Waals surface area contributed by atoms with E-state index in [-0.39, 0.29) is 11.9 Å². The summed E-state index contributed by atoms with van der Waals surface area (Å²) in [5, 5.41) is 13.4. The molecule has 2 heterocycles. The summed E-state index contributed by atoms with van der Waals surface area (Å²) in [6.45, 7) is 1.85. The van der Waals surface area contributed by atoms with Gasteiger partial charge in [-0.15, -0.1) is 0 Å². The van der Waals surface area contributed by atoms with Crippen LogP contribution >= 0.6 is 15.9 Å². The lowest BCUT2D eigenvalue weighted by atomic mass is 10.1. The van der Waals surface area contributed by atoms with Gasteiger partial charge in [-0.1, -0.05) is 30.3 Å². The first kappa shape index (κ1) is 14.3. The average molecular weight is 349 g/mol. The zero-order valence-corrected chi connectivity index (χ0v) is 13.1. The Balaban J connectivity index is 1.77. The summed E-state index contributed by atoms with van der Waals surface area (Å²) in [5.41, 5.74) is 2.20. The summed E-state index contributed by atoms with van der Waals surface area (Å²) in [7, 11) is 0. The largest absolute Gasteiger partial charge is 0.347 e. The van der Waals surface area contributed by atoms with Crippen LogP contribution in [0.15, 0.2) is 34.8 Å². The third-order valence-corrected chi connectivity index (χ3v) is 4.39. The highest BCUT2D eigenvalue weighted by Gasteiger charge is 2.21. The number of aromatic amines is 1. The van der Waals surface area contributed by atoms with E-state index in [4.69, 9.17) is 0 Å². The van der Waals surface area contributed by atoms with E-state index in [0.717, 1.165) is 37.2 Å². The van der Waals surface area contributed by atoms with Crippen molar-refractivity contribution in [3.63, 3.8) is 0 Å². The Hall–Kier alpha value is -1.66. The van der Waals surface area contributed by atoms with E-state index < -0.39 is 0 Å². The summed E-state index contributed by atoms with van der Waals surface area (Å²) in [6, 6.07) is 9.96. The number of hydrogen-bond acceptors (Lipinski definition) is 3. The molecule has 1 aromatic heterocycles. The molecule has 3 rings (SSSR count). The molecule has 1 unspecified atom stereocenters. The normalized spacial score (nSPS) is 18.4. The van der Waals surface area contributed by atoms with E-state index in [1.54, 1.807) is 0 Å². The maximum atomic E-state index is 12.3. The van der Waals surface area contributed by atoms with E-state index in [1.165, 1.54) is 0 Å². The zero-order chi connectivity index (χ0) is 14.7. The van der Waals surface area contributed by atoms with Gasteiger partial charge in [-0.3, -0.25) is 9.89 Å². The molecule has 1 aromatic carbocycles. The molecular weight excluding hydrogens is 332 g/mol.